The van der Waals surface area contributed by atoms with Gasteiger partial charge in [-0.25, -0.2) is 9.37 Å². The molecule has 0 aliphatic carbocycles. The average Bonchev–Trinajstić information content (AvgIpc) is 3.03. The Morgan fingerprint density at radius 1 is 1.27 bits per heavy atom. The molecule has 1 heterocycles. The van der Waals surface area contributed by atoms with E-state index in [1.165, 1.54) is 12.1 Å². The molecule has 26 heavy (non-hydrogen) atoms. The Bertz CT molecular complexity index is 898. The van der Waals surface area contributed by atoms with Crippen molar-refractivity contribution in [2.24, 2.45) is 0 Å². The summed E-state index contributed by atoms with van der Waals surface area (Å²) >= 11 is 7.47. The number of anilines is 1. The van der Waals surface area contributed by atoms with Gasteiger partial charge in [-0.2, -0.15) is 0 Å². The number of hydrogen-bond donors (Lipinski definition) is 2. The van der Waals surface area contributed by atoms with Crippen molar-refractivity contribution >= 4 is 34.5 Å². The number of aromatic nitrogens is 1. The third-order valence-corrected chi connectivity index (χ3v) is 4.89. The van der Waals surface area contributed by atoms with E-state index in [1.807, 2.05) is 36.7 Å². The number of benzene rings is 2. The van der Waals surface area contributed by atoms with Gasteiger partial charge in [-0.3, -0.25) is 4.79 Å². The van der Waals surface area contributed by atoms with Crippen LogP contribution in [-0.2, 0) is 11.3 Å². The van der Waals surface area contributed by atoms with E-state index in [4.69, 9.17) is 11.6 Å². The maximum atomic E-state index is 13.2. The fraction of sp³-hybridized carbons (Fsp3) is 0.158. The number of carbonyl (C=O) groups is 1. The maximum Gasteiger partial charge on any atom is 0.279 e. The van der Waals surface area contributed by atoms with E-state index in [0.717, 1.165) is 21.2 Å². The molecule has 2 N–H and O–H groups in total. The van der Waals surface area contributed by atoms with Crippen LogP contribution in [0, 0.1) is 5.82 Å². The summed E-state index contributed by atoms with van der Waals surface area (Å²) in [6, 6.07) is 13.4. The van der Waals surface area contributed by atoms with Crippen molar-refractivity contribution < 1.29 is 14.1 Å². The molecule has 1 aromatic heterocycles. The Kier molecular flexibility index (Phi) is 5.98. The second-order valence-corrected chi connectivity index (χ2v) is 7.31. The highest BCUT2D eigenvalue weighted by Gasteiger charge is 2.13. The monoisotopic (exact) mass is 390 g/mol. The Balaban J connectivity index is 1.55. The molecule has 0 bridgehead atoms. The molecule has 0 saturated carbocycles. The molecule has 0 aliphatic rings. The molecule has 0 spiro atoms. The number of nitrogens with one attached hydrogen (secondary N) is 2. The van der Waals surface area contributed by atoms with Crippen LogP contribution in [0.2, 0.25) is 5.02 Å². The van der Waals surface area contributed by atoms with Gasteiger partial charge in [0.15, 0.2) is 6.54 Å². The molecule has 0 saturated heterocycles. The fourth-order valence-electron chi connectivity index (χ4n) is 2.53. The Morgan fingerprint density at radius 2 is 2.04 bits per heavy atom. The molecule has 2 aromatic carbocycles. The summed E-state index contributed by atoms with van der Waals surface area (Å²) in [7, 11) is 1.92. The first-order chi connectivity index (χ1) is 12.5. The smallest absolute Gasteiger partial charge is 0.279 e. The van der Waals surface area contributed by atoms with E-state index in [0.29, 0.717) is 17.3 Å². The van der Waals surface area contributed by atoms with Gasteiger partial charge in [0, 0.05) is 21.7 Å². The minimum atomic E-state index is -0.374. The number of amides is 1. The quantitative estimate of drug-likeness (QED) is 0.678. The topological polar surface area (TPSA) is 46.4 Å². The first-order valence-corrected chi connectivity index (χ1v) is 9.32. The van der Waals surface area contributed by atoms with Gasteiger partial charge < -0.3 is 10.2 Å². The van der Waals surface area contributed by atoms with Gasteiger partial charge in [-0.1, -0.05) is 29.8 Å². The number of carbonyl (C=O) groups excluding carboxylic acids is 1. The second kappa shape index (κ2) is 8.40. The normalized spacial score (nSPS) is 12.0. The van der Waals surface area contributed by atoms with Gasteiger partial charge in [-0.05, 0) is 30.3 Å². The lowest BCUT2D eigenvalue weighted by molar-refractivity contribution is -0.885. The van der Waals surface area contributed by atoms with Crippen LogP contribution < -0.4 is 10.2 Å². The minimum Gasteiger partial charge on any atom is -0.325 e. The highest BCUT2D eigenvalue weighted by Crippen LogP contribution is 2.24. The van der Waals surface area contributed by atoms with E-state index < -0.39 is 0 Å². The molecular formula is C19H18ClFN3OS+. The van der Waals surface area contributed by atoms with Gasteiger partial charge in [0.2, 0.25) is 0 Å². The molecule has 0 radical (unpaired) electrons. The Hall–Kier alpha value is -2.28. The molecule has 1 atom stereocenters. The molecule has 7 heteroatoms. The average molecular weight is 391 g/mol. The van der Waals surface area contributed by atoms with Gasteiger partial charge >= 0.3 is 0 Å². The van der Waals surface area contributed by atoms with E-state index in [9.17, 15) is 9.18 Å². The van der Waals surface area contributed by atoms with Crippen LogP contribution in [0.1, 0.15) is 5.69 Å². The standard InChI is InChI=1S/C19H17ClFN3OS/c1-24(11-18(25)22-16-4-2-3-15(21)9-16)10-17-12-26-19(23-17)13-5-7-14(20)8-6-13/h2-9,12H,10-11H2,1H3,(H,22,25)/p+1. The highest BCUT2D eigenvalue weighted by atomic mass is 35.5. The summed E-state index contributed by atoms with van der Waals surface area (Å²) < 4.78 is 13.2. The zero-order chi connectivity index (χ0) is 18.5. The fourth-order valence-corrected chi connectivity index (χ4v) is 3.48. The third kappa shape index (κ3) is 5.11. The predicted molar refractivity (Wildman–Crippen MR) is 103 cm³/mol. The minimum absolute atomic E-state index is 0.166. The second-order valence-electron chi connectivity index (χ2n) is 6.02. The third-order valence-electron chi connectivity index (χ3n) is 3.70. The summed E-state index contributed by atoms with van der Waals surface area (Å²) in [4.78, 5) is 17.7. The van der Waals surface area contributed by atoms with Crippen LogP contribution in [0.3, 0.4) is 0 Å². The lowest BCUT2D eigenvalue weighted by Crippen LogP contribution is -3.08. The van der Waals surface area contributed by atoms with E-state index in [-0.39, 0.29) is 18.3 Å². The summed E-state index contributed by atoms with van der Waals surface area (Å²) in [6.07, 6.45) is 0. The first kappa shape index (κ1) is 18.5. The van der Waals surface area contributed by atoms with Gasteiger partial charge in [0.05, 0.1) is 7.05 Å². The van der Waals surface area contributed by atoms with Crippen LogP contribution in [0.5, 0.6) is 0 Å². The number of nitrogens with zero attached hydrogens (tertiary/aromatic N) is 1. The van der Waals surface area contributed by atoms with Crippen molar-refractivity contribution in [1.82, 2.24) is 4.98 Å². The molecule has 134 valence electrons. The molecule has 1 unspecified atom stereocenters. The molecule has 3 rings (SSSR count). The predicted octanol–water partition coefficient (Wildman–Crippen LogP) is 3.26. The first-order valence-electron chi connectivity index (χ1n) is 8.06. The number of thiazole rings is 1. The van der Waals surface area contributed by atoms with E-state index >= 15 is 0 Å². The van der Waals surface area contributed by atoms with Gasteiger partial charge in [0.25, 0.3) is 5.91 Å². The number of hydrogen-bond acceptors (Lipinski definition) is 3. The SMILES string of the molecule is C[NH+](CC(=O)Nc1cccc(F)c1)Cc1csc(-c2ccc(Cl)cc2)n1. The molecular weight excluding hydrogens is 373 g/mol. The molecule has 0 fully saturated rings. The van der Waals surface area contributed by atoms with Crippen molar-refractivity contribution in [3.63, 3.8) is 0 Å². The van der Waals surface area contributed by atoms with E-state index in [1.54, 1.807) is 23.5 Å². The molecule has 1 amide bonds. The highest BCUT2D eigenvalue weighted by molar-refractivity contribution is 7.13. The van der Waals surface area contributed by atoms with Crippen molar-refractivity contribution in [2.75, 3.05) is 18.9 Å². The van der Waals surface area contributed by atoms with Crippen LogP contribution >= 0.6 is 22.9 Å². The summed E-state index contributed by atoms with van der Waals surface area (Å²) in [6.45, 7) is 0.894. The Labute approximate surface area is 160 Å². The molecule has 3 aromatic rings. The maximum absolute atomic E-state index is 13.2. The van der Waals surface area contributed by atoms with E-state index in [2.05, 4.69) is 10.3 Å². The number of likely N-dealkylation sites (N-methyl/N-ethyl adjacent to an activating group) is 1. The Morgan fingerprint density at radius 3 is 2.77 bits per heavy atom. The number of quaternary nitrogens is 1. The molecule has 4 nitrogen and oxygen atoms in total. The van der Waals surface area contributed by atoms with Crippen LogP contribution in [0.4, 0.5) is 10.1 Å². The summed E-state index contributed by atoms with van der Waals surface area (Å²) in [5.74, 6) is -0.540. The van der Waals surface area contributed by atoms with Crippen molar-refractivity contribution in [3.05, 3.63) is 70.4 Å². The number of rotatable bonds is 6. The lowest BCUT2D eigenvalue weighted by atomic mass is 10.2. The van der Waals surface area contributed by atoms with Crippen LogP contribution in [0.25, 0.3) is 10.6 Å². The van der Waals surface area contributed by atoms with Gasteiger partial charge in [-0.15, -0.1) is 11.3 Å². The van der Waals surface area contributed by atoms with Crippen molar-refractivity contribution in [1.29, 1.82) is 0 Å². The zero-order valence-corrected chi connectivity index (χ0v) is 15.7. The number of halogens is 2. The summed E-state index contributed by atoms with van der Waals surface area (Å²) in [5.41, 5.74) is 2.41. The lowest BCUT2D eigenvalue weighted by Gasteiger charge is -2.12. The molecule has 0 aliphatic heterocycles. The zero-order valence-electron chi connectivity index (χ0n) is 14.1. The van der Waals surface area contributed by atoms with Crippen molar-refractivity contribution in [3.8, 4) is 10.6 Å². The summed E-state index contributed by atoms with van der Waals surface area (Å²) in [5, 5.41) is 6.32. The van der Waals surface area contributed by atoms with Gasteiger partial charge in [0.1, 0.15) is 23.1 Å². The van der Waals surface area contributed by atoms with Crippen molar-refractivity contribution in [2.45, 2.75) is 6.54 Å². The van der Waals surface area contributed by atoms with Crippen LogP contribution in [0.15, 0.2) is 53.9 Å². The largest absolute Gasteiger partial charge is 0.325 e. The van der Waals surface area contributed by atoms with Crippen LogP contribution in [-0.4, -0.2) is 24.5 Å².